The van der Waals surface area contributed by atoms with Crippen molar-refractivity contribution in [2.24, 2.45) is 5.92 Å². The largest absolute Gasteiger partial charge is 0.481 e. The fourth-order valence-electron chi connectivity index (χ4n) is 2.43. The third-order valence-corrected chi connectivity index (χ3v) is 3.60. The molecule has 120 valence electrons. The molecule has 1 aliphatic rings. The number of aliphatic carboxylic acids is 1. The molecule has 0 heterocycles. The van der Waals surface area contributed by atoms with Crippen molar-refractivity contribution in [3.63, 3.8) is 0 Å². The summed E-state index contributed by atoms with van der Waals surface area (Å²) in [5.41, 5.74) is 0.780. The third-order valence-electron chi connectivity index (χ3n) is 3.60. The summed E-state index contributed by atoms with van der Waals surface area (Å²) in [7, 11) is 0. The number of carboxylic acid groups (broad SMARTS) is 1. The number of rotatable bonds is 6. The molecule has 1 aromatic carbocycles. The minimum absolute atomic E-state index is 0.0350. The van der Waals surface area contributed by atoms with E-state index in [0.717, 1.165) is 5.56 Å². The summed E-state index contributed by atoms with van der Waals surface area (Å²) >= 11 is 0. The molecule has 1 amide bonds. The average molecular weight is 313 g/mol. The van der Waals surface area contributed by atoms with Crippen LogP contribution in [-0.4, -0.2) is 29.1 Å². The Balaban J connectivity index is 1.84. The molecule has 7 heteroatoms. The smallest absolute Gasteiger partial charge is 0.407 e. The molecule has 0 spiro atoms. The van der Waals surface area contributed by atoms with Gasteiger partial charge in [-0.25, -0.2) is 13.6 Å². The Bertz CT molecular complexity index is 528. The van der Waals surface area contributed by atoms with Gasteiger partial charge in [-0.1, -0.05) is 30.3 Å². The lowest BCUT2D eigenvalue weighted by Crippen LogP contribution is -2.50. The maximum Gasteiger partial charge on any atom is 0.407 e. The Morgan fingerprint density at radius 2 is 1.95 bits per heavy atom. The lowest BCUT2D eigenvalue weighted by molar-refractivity contribution is -0.143. The minimum Gasteiger partial charge on any atom is -0.481 e. The standard InChI is InChI=1S/C15H17F2NO4/c16-15(17)7-11(8-15)12(6-13(19)20)18-14(21)22-9-10-4-2-1-3-5-10/h1-5,11-12H,6-9H2,(H,18,21)(H,19,20). The lowest BCUT2D eigenvalue weighted by Gasteiger charge is -2.39. The number of alkyl carbamates (subject to hydrolysis) is 1. The van der Waals surface area contributed by atoms with Crippen LogP contribution in [0, 0.1) is 5.92 Å². The van der Waals surface area contributed by atoms with Crippen LogP contribution in [0.15, 0.2) is 30.3 Å². The SMILES string of the molecule is O=C(O)CC(NC(=O)OCc1ccccc1)C1CC(F)(F)C1. The van der Waals surface area contributed by atoms with Crippen molar-refractivity contribution in [3.8, 4) is 0 Å². The molecule has 0 aromatic heterocycles. The molecular formula is C15H17F2NO4. The first kappa shape index (κ1) is 16.2. The fourth-order valence-corrected chi connectivity index (χ4v) is 2.43. The second-order valence-corrected chi connectivity index (χ2v) is 5.43. The van der Waals surface area contributed by atoms with E-state index in [0.29, 0.717) is 0 Å². The van der Waals surface area contributed by atoms with Gasteiger partial charge in [-0.3, -0.25) is 4.79 Å². The summed E-state index contributed by atoms with van der Waals surface area (Å²) in [6, 6.07) is 8.10. The van der Waals surface area contributed by atoms with Crippen molar-refractivity contribution in [1.29, 1.82) is 0 Å². The highest BCUT2D eigenvalue weighted by Gasteiger charge is 2.49. The summed E-state index contributed by atoms with van der Waals surface area (Å²) in [5.74, 6) is -4.46. The number of carbonyl (C=O) groups excluding carboxylic acids is 1. The first-order valence-corrected chi connectivity index (χ1v) is 6.92. The Hall–Kier alpha value is -2.18. The monoisotopic (exact) mass is 313 g/mol. The van der Waals surface area contributed by atoms with Gasteiger partial charge >= 0.3 is 12.1 Å². The molecule has 2 N–H and O–H groups in total. The number of amides is 1. The first-order valence-electron chi connectivity index (χ1n) is 6.92. The van der Waals surface area contributed by atoms with Crippen LogP contribution in [0.5, 0.6) is 0 Å². The fraction of sp³-hybridized carbons (Fsp3) is 0.467. The van der Waals surface area contributed by atoms with E-state index in [-0.39, 0.29) is 6.61 Å². The van der Waals surface area contributed by atoms with E-state index in [1.54, 1.807) is 24.3 Å². The van der Waals surface area contributed by atoms with E-state index < -0.39 is 49.2 Å². The maximum absolute atomic E-state index is 12.9. The molecule has 1 aliphatic carbocycles. The van der Waals surface area contributed by atoms with E-state index in [9.17, 15) is 18.4 Å². The van der Waals surface area contributed by atoms with Gasteiger partial charge in [0.2, 0.25) is 5.92 Å². The summed E-state index contributed by atoms with van der Waals surface area (Å²) in [4.78, 5) is 22.5. The van der Waals surface area contributed by atoms with E-state index >= 15 is 0 Å². The second kappa shape index (κ2) is 6.72. The van der Waals surface area contributed by atoms with E-state index in [1.165, 1.54) is 0 Å². The Morgan fingerprint density at radius 1 is 1.32 bits per heavy atom. The number of nitrogens with one attached hydrogen (secondary N) is 1. The number of benzene rings is 1. The van der Waals surface area contributed by atoms with Crippen LogP contribution < -0.4 is 5.32 Å². The number of carbonyl (C=O) groups is 2. The van der Waals surface area contributed by atoms with Crippen LogP contribution in [0.1, 0.15) is 24.8 Å². The van der Waals surface area contributed by atoms with Crippen LogP contribution >= 0.6 is 0 Å². The summed E-state index contributed by atoms with van der Waals surface area (Å²) in [6.45, 7) is 0.0350. The molecule has 1 fully saturated rings. The highest BCUT2D eigenvalue weighted by Crippen LogP contribution is 2.44. The van der Waals surface area contributed by atoms with Crippen LogP contribution in [-0.2, 0) is 16.1 Å². The Morgan fingerprint density at radius 3 is 2.50 bits per heavy atom. The molecule has 1 atom stereocenters. The van der Waals surface area contributed by atoms with Gasteiger partial charge in [-0.2, -0.15) is 0 Å². The van der Waals surface area contributed by atoms with Crippen LogP contribution in [0.25, 0.3) is 0 Å². The highest BCUT2D eigenvalue weighted by atomic mass is 19.3. The molecule has 0 aliphatic heterocycles. The molecule has 1 aromatic rings. The number of halogens is 2. The van der Waals surface area contributed by atoms with Crippen molar-refractivity contribution in [2.45, 2.75) is 37.8 Å². The van der Waals surface area contributed by atoms with E-state index in [2.05, 4.69) is 5.32 Å². The van der Waals surface area contributed by atoms with E-state index in [4.69, 9.17) is 9.84 Å². The van der Waals surface area contributed by atoms with Gasteiger partial charge in [0.25, 0.3) is 0 Å². The lowest BCUT2D eigenvalue weighted by atomic mass is 9.75. The zero-order valence-electron chi connectivity index (χ0n) is 11.8. The number of alkyl halides is 2. The normalized spacial score (nSPS) is 18.1. The van der Waals surface area contributed by atoms with Gasteiger partial charge in [0.05, 0.1) is 6.42 Å². The number of ether oxygens (including phenoxy) is 1. The molecular weight excluding hydrogens is 296 g/mol. The number of carboxylic acids is 1. The van der Waals surface area contributed by atoms with E-state index in [1.807, 2.05) is 6.07 Å². The molecule has 22 heavy (non-hydrogen) atoms. The van der Waals surface area contributed by atoms with Crippen LogP contribution in [0.3, 0.4) is 0 Å². The average Bonchev–Trinajstić information content (AvgIpc) is 2.42. The Labute approximate surface area is 126 Å². The van der Waals surface area contributed by atoms with Crippen molar-refractivity contribution in [1.82, 2.24) is 5.32 Å². The summed E-state index contributed by atoms with van der Waals surface area (Å²) in [5, 5.41) is 11.2. The van der Waals surface area contributed by atoms with Crippen LogP contribution in [0.4, 0.5) is 13.6 Å². The van der Waals surface area contributed by atoms with Gasteiger partial charge in [-0.05, 0) is 11.5 Å². The van der Waals surface area contributed by atoms with Crippen molar-refractivity contribution in [2.75, 3.05) is 0 Å². The number of hydrogen-bond donors (Lipinski definition) is 2. The van der Waals surface area contributed by atoms with Gasteiger partial charge in [-0.15, -0.1) is 0 Å². The molecule has 5 nitrogen and oxygen atoms in total. The number of hydrogen-bond acceptors (Lipinski definition) is 3. The predicted octanol–water partition coefficient (Wildman–Crippen LogP) is 2.80. The summed E-state index contributed by atoms with van der Waals surface area (Å²) < 4.78 is 30.8. The maximum atomic E-state index is 12.9. The summed E-state index contributed by atoms with van der Waals surface area (Å²) in [6.07, 6.45) is -2.03. The minimum atomic E-state index is -2.77. The first-order chi connectivity index (χ1) is 10.4. The van der Waals surface area contributed by atoms with Gasteiger partial charge in [0, 0.05) is 18.9 Å². The quantitative estimate of drug-likeness (QED) is 0.847. The van der Waals surface area contributed by atoms with Crippen LogP contribution in [0.2, 0.25) is 0 Å². The zero-order valence-corrected chi connectivity index (χ0v) is 11.8. The molecule has 1 unspecified atom stereocenters. The van der Waals surface area contributed by atoms with Gasteiger partial charge < -0.3 is 15.2 Å². The van der Waals surface area contributed by atoms with Gasteiger partial charge in [0.1, 0.15) is 6.61 Å². The highest BCUT2D eigenvalue weighted by molar-refractivity contribution is 5.71. The molecule has 1 saturated carbocycles. The van der Waals surface area contributed by atoms with Gasteiger partial charge in [0.15, 0.2) is 0 Å². The molecule has 2 rings (SSSR count). The molecule has 0 saturated heterocycles. The Kier molecular flexibility index (Phi) is 4.95. The van der Waals surface area contributed by atoms with Crippen molar-refractivity contribution < 1.29 is 28.2 Å². The molecule has 0 radical (unpaired) electrons. The zero-order chi connectivity index (χ0) is 16.2. The molecule has 0 bridgehead atoms. The van der Waals surface area contributed by atoms with Crippen molar-refractivity contribution >= 4 is 12.1 Å². The second-order valence-electron chi connectivity index (χ2n) is 5.43. The topological polar surface area (TPSA) is 75.6 Å². The van der Waals surface area contributed by atoms with Crippen molar-refractivity contribution in [3.05, 3.63) is 35.9 Å². The third kappa shape index (κ3) is 4.68. The predicted molar refractivity (Wildman–Crippen MR) is 73.5 cm³/mol.